The zero-order chi connectivity index (χ0) is 19.2. The van der Waals surface area contributed by atoms with Crippen LogP contribution in [0.5, 0.6) is 5.75 Å². The van der Waals surface area contributed by atoms with Gasteiger partial charge in [0, 0.05) is 16.8 Å². The predicted octanol–water partition coefficient (Wildman–Crippen LogP) is 4.08. The van der Waals surface area contributed by atoms with Crippen LogP contribution in [0.1, 0.15) is 33.8 Å². The summed E-state index contributed by atoms with van der Waals surface area (Å²) >= 11 is 0. The van der Waals surface area contributed by atoms with Crippen molar-refractivity contribution in [3.05, 3.63) is 77.2 Å². The lowest BCUT2D eigenvalue weighted by atomic mass is 10.1. The maximum Gasteiger partial charge on any atom is 0.311 e. The normalized spacial score (nSPS) is 10.4. The van der Waals surface area contributed by atoms with Crippen LogP contribution in [0.4, 0.5) is 5.69 Å². The van der Waals surface area contributed by atoms with Crippen molar-refractivity contribution in [2.75, 3.05) is 5.32 Å². The van der Waals surface area contributed by atoms with Crippen molar-refractivity contribution in [3.8, 4) is 5.75 Å². The molecule has 0 aliphatic carbocycles. The van der Waals surface area contributed by atoms with Crippen LogP contribution >= 0.6 is 0 Å². The van der Waals surface area contributed by atoms with E-state index in [9.17, 15) is 9.59 Å². The highest BCUT2D eigenvalue weighted by Gasteiger charge is 2.12. The summed E-state index contributed by atoms with van der Waals surface area (Å²) in [7, 11) is 0. The van der Waals surface area contributed by atoms with Crippen molar-refractivity contribution >= 4 is 17.6 Å². The van der Waals surface area contributed by atoms with Crippen LogP contribution in [0, 0.1) is 13.8 Å². The van der Waals surface area contributed by atoms with E-state index in [2.05, 4.69) is 10.5 Å². The van der Waals surface area contributed by atoms with Gasteiger partial charge in [0.05, 0.1) is 12.1 Å². The number of esters is 1. The molecule has 0 unspecified atom stereocenters. The lowest BCUT2D eigenvalue weighted by molar-refractivity contribution is -0.134. The molecule has 1 N–H and O–H groups in total. The van der Waals surface area contributed by atoms with Crippen LogP contribution in [0.15, 0.2) is 59.1 Å². The highest BCUT2D eigenvalue weighted by atomic mass is 16.5. The van der Waals surface area contributed by atoms with Gasteiger partial charge in [-0.15, -0.1) is 0 Å². The molecule has 0 fully saturated rings. The molecule has 1 amide bonds. The van der Waals surface area contributed by atoms with Gasteiger partial charge in [-0.3, -0.25) is 9.59 Å². The Bertz CT molecular complexity index is 911. The van der Waals surface area contributed by atoms with E-state index in [1.165, 1.54) is 0 Å². The lowest BCUT2D eigenvalue weighted by Crippen LogP contribution is -2.12. The van der Waals surface area contributed by atoms with E-state index in [0.717, 1.165) is 17.0 Å². The number of carbonyl (C=O) groups is 2. The van der Waals surface area contributed by atoms with Gasteiger partial charge in [0.25, 0.3) is 5.91 Å². The van der Waals surface area contributed by atoms with Crippen molar-refractivity contribution in [2.45, 2.75) is 26.7 Å². The summed E-state index contributed by atoms with van der Waals surface area (Å²) in [5.74, 6) is 0.617. The zero-order valence-electron chi connectivity index (χ0n) is 15.2. The van der Waals surface area contributed by atoms with E-state index in [-0.39, 0.29) is 18.3 Å². The number of nitrogens with zero attached hydrogens (tertiary/aromatic N) is 1. The molecular formula is C21H20N2O4. The minimum atomic E-state index is -0.337. The van der Waals surface area contributed by atoms with Crippen LogP contribution in [0.3, 0.4) is 0 Å². The highest BCUT2D eigenvalue weighted by molar-refractivity contribution is 6.04. The van der Waals surface area contributed by atoms with Gasteiger partial charge in [0.1, 0.15) is 11.5 Å². The molecule has 6 nitrogen and oxygen atoms in total. The number of rotatable bonds is 6. The molecule has 0 saturated carbocycles. The van der Waals surface area contributed by atoms with Gasteiger partial charge in [-0.25, -0.2) is 0 Å². The molecule has 0 radical (unpaired) electrons. The maximum absolute atomic E-state index is 12.1. The van der Waals surface area contributed by atoms with Crippen molar-refractivity contribution in [3.63, 3.8) is 0 Å². The van der Waals surface area contributed by atoms with Crippen molar-refractivity contribution in [2.24, 2.45) is 0 Å². The minimum absolute atomic E-state index is 0.195. The molecule has 0 bridgehead atoms. The Labute approximate surface area is 157 Å². The first-order chi connectivity index (χ1) is 13.0. The molecule has 2 aromatic carbocycles. The van der Waals surface area contributed by atoms with Crippen molar-refractivity contribution in [1.82, 2.24) is 5.16 Å². The molecule has 3 aromatic rings. The molecule has 138 valence electrons. The Kier molecular flexibility index (Phi) is 5.66. The number of aromatic nitrogens is 1. The largest absolute Gasteiger partial charge is 0.427 e. The molecule has 1 aromatic heterocycles. The van der Waals surface area contributed by atoms with Crippen LogP contribution in [0.2, 0.25) is 0 Å². The summed E-state index contributed by atoms with van der Waals surface area (Å²) in [4.78, 5) is 24.2. The van der Waals surface area contributed by atoms with E-state index in [1.807, 2.05) is 19.9 Å². The van der Waals surface area contributed by atoms with Crippen LogP contribution < -0.4 is 10.1 Å². The number of ether oxygens (including phenoxy) is 1. The van der Waals surface area contributed by atoms with E-state index in [4.69, 9.17) is 9.26 Å². The third kappa shape index (κ3) is 4.82. The molecule has 0 aliphatic rings. The van der Waals surface area contributed by atoms with Gasteiger partial charge in [-0.1, -0.05) is 23.4 Å². The van der Waals surface area contributed by atoms with E-state index in [0.29, 0.717) is 23.4 Å². The third-order valence-electron chi connectivity index (χ3n) is 4.14. The number of carbonyl (C=O) groups excluding carboxylic acids is 2. The number of amides is 1. The molecule has 0 atom stereocenters. The summed E-state index contributed by atoms with van der Waals surface area (Å²) in [6.07, 6.45) is 0.751. The third-order valence-corrected chi connectivity index (χ3v) is 4.14. The van der Waals surface area contributed by atoms with Crippen LogP contribution in [-0.2, 0) is 11.2 Å². The summed E-state index contributed by atoms with van der Waals surface area (Å²) in [5.41, 5.74) is 2.93. The number of anilines is 1. The zero-order valence-corrected chi connectivity index (χ0v) is 15.2. The second-order valence-electron chi connectivity index (χ2n) is 6.12. The molecule has 0 spiro atoms. The topological polar surface area (TPSA) is 81.4 Å². The maximum atomic E-state index is 12.1. The average Bonchev–Trinajstić information content (AvgIpc) is 3.00. The van der Waals surface area contributed by atoms with E-state index < -0.39 is 0 Å². The fourth-order valence-electron chi connectivity index (χ4n) is 2.67. The second-order valence-corrected chi connectivity index (χ2v) is 6.12. The summed E-state index contributed by atoms with van der Waals surface area (Å²) < 4.78 is 10.4. The van der Waals surface area contributed by atoms with Crippen LogP contribution in [0.25, 0.3) is 0 Å². The molecule has 3 rings (SSSR count). The van der Waals surface area contributed by atoms with Gasteiger partial charge >= 0.3 is 5.97 Å². The minimum Gasteiger partial charge on any atom is -0.427 e. The first kappa shape index (κ1) is 18.4. The summed E-state index contributed by atoms with van der Waals surface area (Å²) in [6, 6.07) is 15.6. The lowest BCUT2D eigenvalue weighted by Gasteiger charge is -2.07. The van der Waals surface area contributed by atoms with Gasteiger partial charge in [-0.05, 0) is 56.7 Å². The van der Waals surface area contributed by atoms with Gasteiger partial charge < -0.3 is 14.6 Å². The van der Waals surface area contributed by atoms with Gasteiger partial charge in [0.15, 0.2) is 0 Å². The molecular weight excluding hydrogens is 344 g/mol. The number of hydrogen-bond donors (Lipinski definition) is 1. The standard InChI is InChI=1S/C21H20N2O4/c1-14-19(15(2)27-23-14)12-13-20(24)26-18-10-8-17(9-11-18)22-21(25)16-6-4-3-5-7-16/h3-11H,12-13H2,1-2H3,(H,22,25). The second kappa shape index (κ2) is 8.31. The molecule has 0 aliphatic heterocycles. The van der Waals surface area contributed by atoms with Gasteiger partial charge in [0.2, 0.25) is 0 Å². The quantitative estimate of drug-likeness (QED) is 0.526. The van der Waals surface area contributed by atoms with Crippen molar-refractivity contribution < 1.29 is 18.8 Å². The number of nitrogens with one attached hydrogen (secondary N) is 1. The summed E-state index contributed by atoms with van der Waals surface area (Å²) in [5, 5.41) is 6.67. The smallest absolute Gasteiger partial charge is 0.311 e. The molecule has 1 heterocycles. The Morgan fingerprint density at radius 2 is 1.74 bits per heavy atom. The summed E-state index contributed by atoms with van der Waals surface area (Å²) in [6.45, 7) is 3.67. The number of benzene rings is 2. The molecule has 6 heteroatoms. The monoisotopic (exact) mass is 364 g/mol. The fraction of sp³-hybridized carbons (Fsp3) is 0.190. The number of hydrogen-bond acceptors (Lipinski definition) is 5. The average molecular weight is 364 g/mol. The first-order valence-electron chi connectivity index (χ1n) is 8.62. The van der Waals surface area contributed by atoms with Crippen LogP contribution in [-0.4, -0.2) is 17.0 Å². The Morgan fingerprint density at radius 1 is 1.04 bits per heavy atom. The SMILES string of the molecule is Cc1noc(C)c1CCC(=O)Oc1ccc(NC(=O)c2ccccc2)cc1. The number of aryl methyl sites for hydroxylation is 2. The molecule has 0 saturated heterocycles. The predicted molar refractivity (Wildman–Crippen MR) is 101 cm³/mol. The Balaban J connectivity index is 1.53. The van der Waals surface area contributed by atoms with E-state index in [1.54, 1.807) is 48.5 Å². The van der Waals surface area contributed by atoms with Crippen molar-refractivity contribution in [1.29, 1.82) is 0 Å². The Morgan fingerprint density at radius 3 is 2.37 bits per heavy atom. The van der Waals surface area contributed by atoms with E-state index >= 15 is 0 Å². The first-order valence-corrected chi connectivity index (χ1v) is 8.62. The Hall–Kier alpha value is -3.41. The fourth-order valence-corrected chi connectivity index (χ4v) is 2.67. The highest BCUT2D eigenvalue weighted by Crippen LogP contribution is 2.18. The molecule has 27 heavy (non-hydrogen) atoms. The van der Waals surface area contributed by atoms with Gasteiger partial charge in [-0.2, -0.15) is 0 Å².